The predicted molar refractivity (Wildman–Crippen MR) is 71.5 cm³/mol. The van der Waals surface area contributed by atoms with E-state index in [1.54, 1.807) is 0 Å². The van der Waals surface area contributed by atoms with Gasteiger partial charge in [-0.3, -0.25) is 14.5 Å². The lowest BCUT2D eigenvalue weighted by Crippen LogP contribution is -2.44. The SMILES string of the molecule is CC1(c2ccccc2)CC(=O)N(C2CCNC2)C1=O. The van der Waals surface area contributed by atoms with Crippen LogP contribution in [0.3, 0.4) is 0 Å². The Morgan fingerprint density at radius 2 is 2.00 bits per heavy atom. The molecule has 19 heavy (non-hydrogen) atoms. The van der Waals surface area contributed by atoms with Crippen LogP contribution in [-0.2, 0) is 15.0 Å². The Hall–Kier alpha value is -1.68. The van der Waals surface area contributed by atoms with Crippen LogP contribution in [0.5, 0.6) is 0 Å². The topological polar surface area (TPSA) is 49.4 Å². The summed E-state index contributed by atoms with van der Waals surface area (Å²) >= 11 is 0. The molecule has 0 aromatic heterocycles. The molecule has 2 aliphatic rings. The Bertz CT molecular complexity index is 508. The van der Waals surface area contributed by atoms with Crippen LogP contribution in [-0.4, -0.2) is 35.8 Å². The fraction of sp³-hybridized carbons (Fsp3) is 0.467. The largest absolute Gasteiger partial charge is 0.315 e. The van der Waals surface area contributed by atoms with Crippen LogP contribution in [0.2, 0.25) is 0 Å². The maximum Gasteiger partial charge on any atom is 0.240 e. The molecule has 0 spiro atoms. The third-order valence-corrected chi connectivity index (χ3v) is 4.27. The molecular formula is C15H18N2O2. The van der Waals surface area contributed by atoms with Crippen LogP contribution < -0.4 is 5.32 Å². The lowest BCUT2D eigenvalue weighted by atomic mass is 9.81. The third-order valence-electron chi connectivity index (χ3n) is 4.27. The Balaban J connectivity index is 1.93. The number of carbonyl (C=O) groups excluding carboxylic acids is 2. The number of benzene rings is 1. The summed E-state index contributed by atoms with van der Waals surface area (Å²) in [5, 5.41) is 3.21. The average molecular weight is 258 g/mol. The number of amides is 2. The average Bonchev–Trinajstić information content (AvgIpc) is 3.00. The van der Waals surface area contributed by atoms with Gasteiger partial charge in [-0.1, -0.05) is 30.3 Å². The number of hydrogen-bond donors (Lipinski definition) is 1. The Morgan fingerprint density at radius 1 is 1.26 bits per heavy atom. The molecule has 4 nitrogen and oxygen atoms in total. The molecule has 2 amide bonds. The summed E-state index contributed by atoms with van der Waals surface area (Å²) in [6.07, 6.45) is 1.15. The summed E-state index contributed by atoms with van der Waals surface area (Å²) in [5.74, 6) is -0.0811. The fourth-order valence-corrected chi connectivity index (χ4v) is 3.10. The fourth-order valence-electron chi connectivity index (χ4n) is 3.10. The van der Waals surface area contributed by atoms with Crippen LogP contribution in [0.15, 0.2) is 30.3 Å². The molecule has 2 saturated heterocycles. The van der Waals surface area contributed by atoms with Gasteiger partial charge in [0.05, 0.1) is 11.5 Å². The first-order chi connectivity index (χ1) is 9.13. The van der Waals surface area contributed by atoms with Gasteiger partial charge in [0.25, 0.3) is 0 Å². The normalized spacial score (nSPS) is 31.2. The van der Waals surface area contributed by atoms with Crippen LogP contribution in [0, 0.1) is 0 Å². The molecule has 1 N–H and O–H groups in total. The van der Waals surface area contributed by atoms with Crippen LogP contribution in [0.1, 0.15) is 25.3 Å². The van der Waals surface area contributed by atoms with Crippen molar-refractivity contribution in [3.05, 3.63) is 35.9 Å². The number of nitrogens with zero attached hydrogens (tertiary/aromatic N) is 1. The molecule has 0 saturated carbocycles. The highest BCUT2D eigenvalue weighted by molar-refractivity contribution is 6.09. The molecule has 2 heterocycles. The lowest BCUT2D eigenvalue weighted by Gasteiger charge is -2.25. The molecule has 2 atom stereocenters. The van der Waals surface area contributed by atoms with E-state index in [1.807, 2.05) is 37.3 Å². The molecule has 0 bridgehead atoms. The monoisotopic (exact) mass is 258 g/mol. The first-order valence-electron chi connectivity index (χ1n) is 6.76. The van der Waals surface area contributed by atoms with Gasteiger partial charge in [-0.25, -0.2) is 0 Å². The number of rotatable bonds is 2. The Morgan fingerprint density at radius 3 is 2.63 bits per heavy atom. The second-order valence-corrected chi connectivity index (χ2v) is 5.59. The molecule has 4 heteroatoms. The van der Waals surface area contributed by atoms with Crippen molar-refractivity contribution in [2.75, 3.05) is 13.1 Å². The number of nitrogens with one attached hydrogen (secondary N) is 1. The van der Waals surface area contributed by atoms with Gasteiger partial charge in [0.15, 0.2) is 0 Å². The molecule has 1 aromatic rings. The molecule has 100 valence electrons. The minimum absolute atomic E-state index is 0.0329. The first kappa shape index (κ1) is 12.4. The summed E-state index contributed by atoms with van der Waals surface area (Å²) in [5.41, 5.74) is 0.239. The zero-order valence-corrected chi connectivity index (χ0v) is 11.1. The number of carbonyl (C=O) groups is 2. The Labute approximate surface area is 112 Å². The molecule has 2 fully saturated rings. The molecule has 3 rings (SSSR count). The predicted octanol–water partition coefficient (Wildman–Crippen LogP) is 1.07. The minimum atomic E-state index is -0.694. The molecule has 2 unspecified atom stereocenters. The summed E-state index contributed by atoms with van der Waals surface area (Å²) in [6.45, 7) is 3.48. The van der Waals surface area contributed by atoms with Gasteiger partial charge in [0, 0.05) is 13.0 Å². The van der Waals surface area contributed by atoms with Crippen molar-refractivity contribution in [3.63, 3.8) is 0 Å². The van der Waals surface area contributed by atoms with E-state index in [1.165, 1.54) is 4.90 Å². The molecule has 2 aliphatic heterocycles. The van der Waals surface area contributed by atoms with E-state index in [9.17, 15) is 9.59 Å². The summed E-state index contributed by atoms with van der Waals surface area (Å²) < 4.78 is 0. The van der Waals surface area contributed by atoms with Crippen molar-refractivity contribution < 1.29 is 9.59 Å². The van der Waals surface area contributed by atoms with Gasteiger partial charge < -0.3 is 5.32 Å². The first-order valence-corrected chi connectivity index (χ1v) is 6.76. The number of imide groups is 1. The van der Waals surface area contributed by atoms with Gasteiger partial charge in [-0.05, 0) is 25.5 Å². The van der Waals surface area contributed by atoms with Crippen molar-refractivity contribution in [2.24, 2.45) is 0 Å². The molecule has 0 radical (unpaired) electrons. The van der Waals surface area contributed by atoms with E-state index in [0.29, 0.717) is 0 Å². The van der Waals surface area contributed by atoms with Gasteiger partial charge in [0.1, 0.15) is 0 Å². The van der Waals surface area contributed by atoms with Crippen LogP contribution >= 0.6 is 0 Å². The van der Waals surface area contributed by atoms with E-state index in [4.69, 9.17) is 0 Å². The Kier molecular flexibility index (Phi) is 2.90. The van der Waals surface area contributed by atoms with E-state index < -0.39 is 5.41 Å². The van der Waals surface area contributed by atoms with Crippen molar-refractivity contribution in [2.45, 2.75) is 31.2 Å². The molecule has 0 aliphatic carbocycles. The summed E-state index contributed by atoms with van der Waals surface area (Å²) in [7, 11) is 0. The van der Waals surface area contributed by atoms with Crippen molar-refractivity contribution in [3.8, 4) is 0 Å². The quantitative estimate of drug-likeness (QED) is 0.807. The zero-order chi connectivity index (χ0) is 13.5. The van der Waals surface area contributed by atoms with E-state index in [2.05, 4.69) is 5.32 Å². The smallest absolute Gasteiger partial charge is 0.240 e. The van der Waals surface area contributed by atoms with Crippen molar-refractivity contribution >= 4 is 11.8 Å². The molecular weight excluding hydrogens is 240 g/mol. The lowest BCUT2D eigenvalue weighted by molar-refractivity contribution is -0.142. The summed E-state index contributed by atoms with van der Waals surface area (Å²) in [4.78, 5) is 26.4. The third kappa shape index (κ3) is 1.87. The highest BCUT2D eigenvalue weighted by Crippen LogP contribution is 2.37. The standard InChI is InChI=1S/C15H18N2O2/c1-15(11-5-3-2-4-6-11)9-13(18)17(14(15)19)12-7-8-16-10-12/h2-6,12,16H,7-10H2,1H3. The highest BCUT2D eigenvalue weighted by Gasteiger charge is 2.51. The zero-order valence-electron chi connectivity index (χ0n) is 11.1. The van der Waals surface area contributed by atoms with Crippen molar-refractivity contribution in [1.82, 2.24) is 10.2 Å². The van der Waals surface area contributed by atoms with Gasteiger partial charge in [-0.15, -0.1) is 0 Å². The van der Waals surface area contributed by atoms with E-state index in [-0.39, 0.29) is 24.3 Å². The second kappa shape index (κ2) is 4.46. The van der Waals surface area contributed by atoms with Gasteiger partial charge in [0.2, 0.25) is 11.8 Å². The minimum Gasteiger partial charge on any atom is -0.315 e. The van der Waals surface area contributed by atoms with Gasteiger partial charge in [-0.2, -0.15) is 0 Å². The van der Waals surface area contributed by atoms with E-state index >= 15 is 0 Å². The van der Waals surface area contributed by atoms with Crippen LogP contribution in [0.4, 0.5) is 0 Å². The highest BCUT2D eigenvalue weighted by atomic mass is 16.2. The van der Waals surface area contributed by atoms with Crippen LogP contribution in [0.25, 0.3) is 0 Å². The van der Waals surface area contributed by atoms with Gasteiger partial charge >= 0.3 is 0 Å². The maximum atomic E-state index is 12.7. The second-order valence-electron chi connectivity index (χ2n) is 5.59. The summed E-state index contributed by atoms with van der Waals surface area (Å²) in [6, 6.07) is 9.65. The number of likely N-dealkylation sites (tertiary alicyclic amines) is 1. The van der Waals surface area contributed by atoms with E-state index in [0.717, 1.165) is 25.1 Å². The van der Waals surface area contributed by atoms with Crippen molar-refractivity contribution in [1.29, 1.82) is 0 Å². The molecule has 1 aromatic carbocycles. The maximum absolute atomic E-state index is 12.7. The number of hydrogen-bond acceptors (Lipinski definition) is 3.